The van der Waals surface area contributed by atoms with Crippen molar-refractivity contribution in [3.05, 3.63) is 47.7 Å². The second-order valence-corrected chi connectivity index (χ2v) is 9.24. The summed E-state index contributed by atoms with van der Waals surface area (Å²) in [5.41, 5.74) is 0.942. The molecule has 5 rings (SSSR count). The summed E-state index contributed by atoms with van der Waals surface area (Å²) >= 11 is 0. The van der Waals surface area contributed by atoms with E-state index in [0.717, 1.165) is 10.5 Å². The van der Waals surface area contributed by atoms with Crippen LogP contribution in [-0.2, 0) is 39.9 Å². The van der Waals surface area contributed by atoms with Crippen LogP contribution < -0.4 is 0 Å². The minimum absolute atomic E-state index is 0.175. The van der Waals surface area contributed by atoms with Crippen molar-refractivity contribution in [2.45, 2.75) is 57.6 Å². The standard InChI is InChI=1S/C24H28N2O7/c1-5-30-22(29)19-17-16(20(27)25(4)21(17)28)18(26(19)12-13-9-7-6-8-10-13)14-11-15-23(31-14)33-24(2,3)32-15/h6-11,15-19,23H,5,12H2,1-4H3/t15-,16?,17?,18-,19+,23-/m1/s1. The highest BCUT2D eigenvalue weighted by Crippen LogP contribution is 2.48. The average Bonchev–Trinajstić information content (AvgIpc) is 3.43. The number of imide groups is 1. The molecule has 9 heteroatoms. The molecular weight excluding hydrogens is 428 g/mol. The Labute approximate surface area is 192 Å². The summed E-state index contributed by atoms with van der Waals surface area (Å²) in [6, 6.07) is 8.06. The van der Waals surface area contributed by atoms with Crippen molar-refractivity contribution in [1.82, 2.24) is 9.80 Å². The minimum atomic E-state index is -0.912. The van der Waals surface area contributed by atoms with E-state index < -0.39 is 48.1 Å². The number of nitrogens with zero attached hydrogens (tertiary/aromatic N) is 2. The fourth-order valence-corrected chi connectivity index (χ4v) is 5.42. The van der Waals surface area contributed by atoms with E-state index >= 15 is 0 Å². The summed E-state index contributed by atoms with van der Waals surface area (Å²) in [6.45, 7) is 5.85. The number of hydrogen-bond donors (Lipinski definition) is 0. The Balaban J connectivity index is 1.57. The van der Waals surface area contributed by atoms with Gasteiger partial charge in [-0.1, -0.05) is 30.3 Å². The van der Waals surface area contributed by atoms with Crippen LogP contribution in [-0.4, -0.2) is 71.5 Å². The number of hydrogen-bond acceptors (Lipinski definition) is 8. The Kier molecular flexibility index (Phi) is 5.30. The molecule has 176 valence electrons. The predicted molar refractivity (Wildman–Crippen MR) is 114 cm³/mol. The number of rotatable bonds is 5. The minimum Gasteiger partial charge on any atom is -0.465 e. The molecule has 3 fully saturated rings. The van der Waals surface area contributed by atoms with Crippen LogP contribution in [0.15, 0.2) is 42.2 Å². The monoisotopic (exact) mass is 456 g/mol. The third kappa shape index (κ3) is 3.55. The van der Waals surface area contributed by atoms with Gasteiger partial charge in [-0.2, -0.15) is 0 Å². The molecule has 4 aliphatic heterocycles. The van der Waals surface area contributed by atoms with Crippen LogP contribution in [0.25, 0.3) is 0 Å². The largest absolute Gasteiger partial charge is 0.465 e. The second kappa shape index (κ2) is 7.93. The number of ether oxygens (including phenoxy) is 4. The fraction of sp³-hybridized carbons (Fsp3) is 0.542. The van der Waals surface area contributed by atoms with E-state index in [2.05, 4.69) is 0 Å². The highest BCUT2D eigenvalue weighted by atomic mass is 16.8. The summed E-state index contributed by atoms with van der Waals surface area (Å²) in [5, 5.41) is 0. The van der Waals surface area contributed by atoms with Gasteiger partial charge in [0.25, 0.3) is 0 Å². The third-order valence-electron chi connectivity index (χ3n) is 6.71. The number of likely N-dealkylation sites (tertiary alicyclic amines) is 2. The smallest absolute Gasteiger partial charge is 0.324 e. The van der Waals surface area contributed by atoms with Crippen LogP contribution in [0.1, 0.15) is 26.3 Å². The van der Waals surface area contributed by atoms with E-state index in [0.29, 0.717) is 12.3 Å². The first-order valence-corrected chi connectivity index (χ1v) is 11.2. The molecule has 0 radical (unpaired) electrons. The number of fused-ring (bicyclic) bond motifs is 2. The van der Waals surface area contributed by atoms with Crippen LogP contribution in [0, 0.1) is 11.8 Å². The normalized spacial score (nSPS) is 34.8. The van der Waals surface area contributed by atoms with Crippen molar-refractivity contribution in [1.29, 1.82) is 0 Å². The summed E-state index contributed by atoms with van der Waals surface area (Å²) in [4.78, 5) is 42.4. The lowest BCUT2D eigenvalue weighted by molar-refractivity contribution is -0.184. The first kappa shape index (κ1) is 22.1. The van der Waals surface area contributed by atoms with Gasteiger partial charge in [0.15, 0.2) is 5.79 Å². The summed E-state index contributed by atoms with van der Waals surface area (Å²) in [5.74, 6) is -3.15. The molecule has 0 saturated carbocycles. The zero-order valence-corrected chi connectivity index (χ0v) is 19.1. The predicted octanol–water partition coefficient (Wildman–Crippen LogP) is 1.43. The lowest BCUT2D eigenvalue weighted by atomic mass is 9.88. The maximum absolute atomic E-state index is 13.2. The summed E-state index contributed by atoms with van der Waals surface area (Å²) < 4.78 is 23.2. The fourth-order valence-electron chi connectivity index (χ4n) is 5.42. The molecule has 0 spiro atoms. The van der Waals surface area contributed by atoms with Crippen LogP contribution >= 0.6 is 0 Å². The van der Waals surface area contributed by atoms with Crippen molar-refractivity contribution in [2.75, 3.05) is 13.7 Å². The molecule has 1 aromatic rings. The summed E-state index contributed by atoms with van der Waals surface area (Å²) in [6.07, 6.45) is 0.736. The maximum Gasteiger partial charge on any atom is 0.324 e. The van der Waals surface area contributed by atoms with Crippen LogP contribution in [0.5, 0.6) is 0 Å². The van der Waals surface area contributed by atoms with Gasteiger partial charge in [-0.05, 0) is 32.4 Å². The Bertz CT molecular complexity index is 1010. The molecule has 2 unspecified atom stereocenters. The van der Waals surface area contributed by atoms with Crippen molar-refractivity contribution in [3.8, 4) is 0 Å². The molecule has 3 saturated heterocycles. The molecule has 0 N–H and O–H groups in total. The topological polar surface area (TPSA) is 94.6 Å². The molecule has 33 heavy (non-hydrogen) atoms. The van der Waals surface area contributed by atoms with Crippen molar-refractivity contribution in [2.24, 2.45) is 11.8 Å². The molecule has 9 nitrogen and oxygen atoms in total. The van der Waals surface area contributed by atoms with Gasteiger partial charge >= 0.3 is 5.97 Å². The maximum atomic E-state index is 13.2. The Morgan fingerprint density at radius 3 is 2.45 bits per heavy atom. The molecule has 0 bridgehead atoms. The first-order chi connectivity index (χ1) is 15.7. The van der Waals surface area contributed by atoms with Crippen molar-refractivity contribution < 1.29 is 33.3 Å². The molecular formula is C24H28N2O7. The van der Waals surface area contributed by atoms with E-state index in [1.165, 1.54) is 7.05 Å². The Morgan fingerprint density at radius 2 is 1.79 bits per heavy atom. The third-order valence-corrected chi connectivity index (χ3v) is 6.71. The van der Waals surface area contributed by atoms with Crippen molar-refractivity contribution >= 4 is 17.8 Å². The summed E-state index contributed by atoms with van der Waals surface area (Å²) in [7, 11) is 1.46. The van der Waals surface area contributed by atoms with E-state index in [1.54, 1.807) is 20.8 Å². The van der Waals surface area contributed by atoms with E-state index in [1.807, 2.05) is 41.3 Å². The van der Waals surface area contributed by atoms with Crippen LogP contribution in [0.2, 0.25) is 0 Å². The number of carbonyl (C=O) groups is 3. The van der Waals surface area contributed by atoms with Gasteiger partial charge in [0.05, 0.1) is 24.5 Å². The van der Waals surface area contributed by atoms with E-state index in [4.69, 9.17) is 18.9 Å². The van der Waals surface area contributed by atoms with E-state index in [9.17, 15) is 14.4 Å². The zero-order valence-electron chi connectivity index (χ0n) is 19.1. The van der Waals surface area contributed by atoms with Gasteiger partial charge in [-0.3, -0.25) is 24.2 Å². The van der Waals surface area contributed by atoms with Crippen LogP contribution in [0.4, 0.5) is 0 Å². The van der Waals surface area contributed by atoms with Gasteiger partial charge in [0, 0.05) is 13.6 Å². The Hall–Kier alpha value is -2.75. The molecule has 6 atom stereocenters. The molecule has 4 heterocycles. The SMILES string of the molecule is CCOC(=O)[C@@H]1C2C(=O)N(C)C(=O)C2[C@@H](C2=C[C@H]3OC(C)(C)O[C@H]3O2)N1Cc1ccccc1. The Morgan fingerprint density at radius 1 is 1.09 bits per heavy atom. The lowest BCUT2D eigenvalue weighted by Crippen LogP contribution is -2.48. The molecule has 0 aliphatic carbocycles. The van der Waals surface area contributed by atoms with Crippen molar-refractivity contribution in [3.63, 3.8) is 0 Å². The van der Waals surface area contributed by atoms with Crippen LogP contribution in [0.3, 0.4) is 0 Å². The molecule has 0 aromatic heterocycles. The molecule has 1 aromatic carbocycles. The lowest BCUT2D eigenvalue weighted by Gasteiger charge is -2.32. The van der Waals surface area contributed by atoms with Gasteiger partial charge < -0.3 is 18.9 Å². The van der Waals surface area contributed by atoms with E-state index in [-0.39, 0.29) is 18.4 Å². The second-order valence-electron chi connectivity index (χ2n) is 9.24. The number of esters is 1. The first-order valence-electron chi connectivity index (χ1n) is 11.2. The quantitative estimate of drug-likeness (QED) is 0.485. The van der Waals surface area contributed by atoms with Gasteiger partial charge in [0.1, 0.15) is 17.9 Å². The van der Waals surface area contributed by atoms with Gasteiger partial charge in [-0.25, -0.2) is 0 Å². The number of amides is 2. The number of carbonyl (C=O) groups excluding carboxylic acids is 3. The zero-order chi connectivity index (χ0) is 23.5. The number of benzene rings is 1. The van der Waals surface area contributed by atoms with Gasteiger partial charge in [-0.15, -0.1) is 0 Å². The molecule has 2 amide bonds. The highest BCUT2D eigenvalue weighted by Gasteiger charge is 2.66. The average molecular weight is 456 g/mol. The van der Waals surface area contributed by atoms with Gasteiger partial charge in [0.2, 0.25) is 18.1 Å². The molecule has 4 aliphatic rings. The highest BCUT2D eigenvalue weighted by molar-refractivity contribution is 6.08.